The summed E-state index contributed by atoms with van der Waals surface area (Å²) < 4.78 is 32.8. The van der Waals surface area contributed by atoms with Gasteiger partial charge in [-0.15, -0.1) is 10.2 Å². The molecule has 0 aliphatic rings. The molecule has 31 heavy (non-hydrogen) atoms. The number of nitrogens with one attached hydrogen (secondary N) is 2. The summed E-state index contributed by atoms with van der Waals surface area (Å²) in [6, 6.07) is 12.7. The Bertz CT molecular complexity index is 1200. The molecule has 1 amide bonds. The smallest absolute Gasteiger partial charge is 0.316 e. The molecule has 0 spiro atoms. The molecule has 2 aromatic carbocycles. The Labute approximate surface area is 187 Å². The van der Waals surface area contributed by atoms with E-state index in [1.165, 1.54) is 19.2 Å². The van der Waals surface area contributed by atoms with Gasteiger partial charge in [-0.2, -0.15) is 0 Å². The van der Waals surface area contributed by atoms with Crippen molar-refractivity contribution in [2.45, 2.75) is 16.2 Å². The molecular formula is C19H18N4O5S3. The Kier molecular flexibility index (Phi) is 7.25. The highest BCUT2D eigenvalue weighted by Gasteiger charge is 2.19. The zero-order valence-electron chi connectivity index (χ0n) is 16.5. The summed E-state index contributed by atoms with van der Waals surface area (Å²) in [4.78, 5) is 24.0. The van der Waals surface area contributed by atoms with Crippen LogP contribution in [0, 0.1) is 6.92 Å². The standard InChI is InChI=1S/C19H18N4O5S3/c1-12-14(17(25)20-18-21-22-19(30-18)29-11-16(24)28-2)9-6-10-15(12)23-31(26,27)13-7-4-3-5-8-13/h3-10,23H,11H2,1-2H3,(H,20,21,25). The number of hydrogen-bond acceptors (Lipinski definition) is 9. The molecule has 3 rings (SSSR count). The van der Waals surface area contributed by atoms with Crippen molar-refractivity contribution in [3.63, 3.8) is 0 Å². The van der Waals surface area contributed by atoms with Crippen LogP contribution in [0.4, 0.5) is 10.8 Å². The predicted octanol–water partition coefficient (Wildman–Crippen LogP) is 3.16. The van der Waals surface area contributed by atoms with Crippen molar-refractivity contribution < 1.29 is 22.7 Å². The molecule has 0 unspecified atom stereocenters. The van der Waals surface area contributed by atoms with Gasteiger partial charge in [0.25, 0.3) is 15.9 Å². The summed E-state index contributed by atoms with van der Waals surface area (Å²) in [5.74, 6) is -0.767. The van der Waals surface area contributed by atoms with Crippen LogP contribution in [0.3, 0.4) is 0 Å². The van der Waals surface area contributed by atoms with Crippen LogP contribution in [-0.2, 0) is 19.6 Å². The quantitative estimate of drug-likeness (QED) is 0.287. The molecule has 0 aliphatic heterocycles. The highest BCUT2D eigenvalue weighted by Crippen LogP contribution is 2.27. The second-order valence-electron chi connectivity index (χ2n) is 6.09. The van der Waals surface area contributed by atoms with Crippen molar-refractivity contribution in [2.75, 3.05) is 22.9 Å². The lowest BCUT2D eigenvalue weighted by molar-refractivity contribution is -0.137. The Balaban J connectivity index is 1.73. The number of methoxy groups -OCH3 is 1. The number of rotatable bonds is 8. The number of esters is 1. The lowest BCUT2D eigenvalue weighted by Crippen LogP contribution is -2.17. The van der Waals surface area contributed by atoms with Gasteiger partial charge < -0.3 is 4.74 Å². The first-order valence-corrected chi connectivity index (χ1v) is 12.1. The van der Waals surface area contributed by atoms with Crippen molar-refractivity contribution >= 4 is 55.8 Å². The summed E-state index contributed by atoms with van der Waals surface area (Å²) in [5, 5.41) is 10.7. The van der Waals surface area contributed by atoms with Crippen LogP contribution in [-0.4, -0.2) is 43.4 Å². The third kappa shape index (κ3) is 5.81. The fourth-order valence-electron chi connectivity index (χ4n) is 2.46. The van der Waals surface area contributed by atoms with Gasteiger partial charge >= 0.3 is 5.97 Å². The summed E-state index contributed by atoms with van der Waals surface area (Å²) in [7, 11) is -2.50. The van der Waals surface area contributed by atoms with Crippen LogP contribution in [0.2, 0.25) is 0 Å². The number of thioether (sulfide) groups is 1. The number of benzene rings is 2. The number of ether oxygens (including phenoxy) is 1. The molecule has 12 heteroatoms. The summed E-state index contributed by atoms with van der Waals surface area (Å²) in [5.41, 5.74) is 1.04. The van der Waals surface area contributed by atoms with Gasteiger partial charge in [0.1, 0.15) is 0 Å². The summed E-state index contributed by atoms with van der Waals surface area (Å²) >= 11 is 2.26. The van der Waals surface area contributed by atoms with E-state index in [9.17, 15) is 18.0 Å². The second kappa shape index (κ2) is 9.90. The van der Waals surface area contributed by atoms with Crippen LogP contribution < -0.4 is 10.0 Å². The number of sulfonamides is 1. The normalized spacial score (nSPS) is 11.0. The first kappa shape index (κ1) is 22.7. The van der Waals surface area contributed by atoms with Gasteiger partial charge in [0.2, 0.25) is 5.13 Å². The van der Waals surface area contributed by atoms with Crippen molar-refractivity contribution in [3.05, 3.63) is 59.7 Å². The maximum absolute atomic E-state index is 12.7. The van der Waals surface area contributed by atoms with E-state index in [-0.39, 0.29) is 21.3 Å². The van der Waals surface area contributed by atoms with Crippen LogP contribution in [0.5, 0.6) is 0 Å². The lowest BCUT2D eigenvalue weighted by atomic mass is 10.1. The predicted molar refractivity (Wildman–Crippen MR) is 119 cm³/mol. The van der Waals surface area contributed by atoms with Crippen molar-refractivity contribution in [2.24, 2.45) is 0 Å². The van der Waals surface area contributed by atoms with E-state index in [0.29, 0.717) is 15.6 Å². The Hall–Kier alpha value is -2.96. The molecule has 0 saturated carbocycles. The van der Waals surface area contributed by atoms with Crippen LogP contribution in [0.15, 0.2) is 57.8 Å². The number of hydrogen-bond donors (Lipinski definition) is 2. The zero-order valence-corrected chi connectivity index (χ0v) is 18.9. The minimum absolute atomic E-state index is 0.0851. The first-order valence-electron chi connectivity index (χ1n) is 8.82. The maximum atomic E-state index is 12.7. The molecule has 0 saturated heterocycles. The summed E-state index contributed by atoms with van der Waals surface area (Å²) in [6.45, 7) is 1.65. The zero-order chi connectivity index (χ0) is 22.4. The number of carbonyl (C=O) groups is 2. The molecule has 0 bridgehead atoms. The van der Waals surface area contributed by atoms with E-state index in [1.54, 1.807) is 43.3 Å². The van der Waals surface area contributed by atoms with Crippen LogP contribution >= 0.6 is 23.1 Å². The average molecular weight is 479 g/mol. The Morgan fingerprint density at radius 3 is 2.55 bits per heavy atom. The topological polar surface area (TPSA) is 127 Å². The minimum atomic E-state index is -3.79. The lowest BCUT2D eigenvalue weighted by Gasteiger charge is -2.13. The third-order valence-electron chi connectivity index (χ3n) is 4.04. The van der Waals surface area contributed by atoms with Gasteiger partial charge in [-0.05, 0) is 36.8 Å². The SMILES string of the molecule is COC(=O)CSc1nnc(NC(=O)c2cccc(NS(=O)(=O)c3ccccc3)c2C)s1. The van der Waals surface area contributed by atoms with Gasteiger partial charge in [-0.1, -0.05) is 47.4 Å². The van der Waals surface area contributed by atoms with E-state index in [4.69, 9.17) is 0 Å². The molecule has 2 N–H and O–H groups in total. The molecule has 9 nitrogen and oxygen atoms in total. The molecule has 1 heterocycles. The average Bonchev–Trinajstić information content (AvgIpc) is 3.21. The molecule has 0 atom stereocenters. The van der Waals surface area contributed by atoms with Gasteiger partial charge in [0.15, 0.2) is 4.34 Å². The van der Waals surface area contributed by atoms with E-state index < -0.39 is 21.9 Å². The highest BCUT2D eigenvalue weighted by molar-refractivity contribution is 8.01. The van der Waals surface area contributed by atoms with E-state index in [1.807, 2.05) is 0 Å². The summed E-state index contributed by atoms with van der Waals surface area (Å²) in [6.07, 6.45) is 0. The molecule has 3 aromatic rings. The molecular weight excluding hydrogens is 460 g/mol. The van der Waals surface area contributed by atoms with Gasteiger partial charge in [-0.3, -0.25) is 19.6 Å². The Morgan fingerprint density at radius 1 is 1.10 bits per heavy atom. The monoisotopic (exact) mass is 478 g/mol. The van der Waals surface area contributed by atoms with Gasteiger partial charge in [-0.25, -0.2) is 8.42 Å². The van der Waals surface area contributed by atoms with Crippen molar-refractivity contribution in [3.8, 4) is 0 Å². The number of nitrogens with zero attached hydrogens (tertiary/aromatic N) is 2. The molecule has 0 aliphatic carbocycles. The van der Waals surface area contributed by atoms with Crippen LogP contribution in [0.25, 0.3) is 0 Å². The maximum Gasteiger partial charge on any atom is 0.316 e. The number of carbonyl (C=O) groups excluding carboxylic acids is 2. The molecule has 0 radical (unpaired) electrons. The fraction of sp³-hybridized carbons (Fsp3) is 0.158. The number of aromatic nitrogens is 2. The molecule has 0 fully saturated rings. The van der Waals surface area contributed by atoms with E-state index >= 15 is 0 Å². The van der Waals surface area contributed by atoms with E-state index in [0.717, 1.165) is 23.1 Å². The van der Waals surface area contributed by atoms with Crippen LogP contribution in [0.1, 0.15) is 15.9 Å². The first-order chi connectivity index (χ1) is 14.8. The molecule has 1 aromatic heterocycles. The van der Waals surface area contributed by atoms with Gasteiger partial charge in [0.05, 0.1) is 23.4 Å². The van der Waals surface area contributed by atoms with Gasteiger partial charge in [0, 0.05) is 5.56 Å². The van der Waals surface area contributed by atoms with E-state index in [2.05, 4.69) is 25.0 Å². The van der Waals surface area contributed by atoms with Crippen molar-refractivity contribution in [1.29, 1.82) is 0 Å². The fourth-order valence-corrected chi connectivity index (χ4v) is 5.18. The number of amides is 1. The molecule has 162 valence electrons. The highest BCUT2D eigenvalue weighted by atomic mass is 32.2. The minimum Gasteiger partial charge on any atom is -0.468 e. The van der Waals surface area contributed by atoms with Crippen molar-refractivity contribution in [1.82, 2.24) is 10.2 Å². The largest absolute Gasteiger partial charge is 0.468 e. The third-order valence-corrected chi connectivity index (χ3v) is 7.37. The second-order valence-corrected chi connectivity index (χ2v) is 9.97. The number of anilines is 2. The Morgan fingerprint density at radius 2 is 1.84 bits per heavy atom.